The molecule has 0 radical (unpaired) electrons. The number of hydrogen-bond donors (Lipinski definition) is 1. The topological polar surface area (TPSA) is 32.3 Å². The standard InChI is InChI=1S/C18H25BrN2OS/c19-15-3-5-17(6-4-15)23-12-9-18(22)21-10-7-16(8-11-21)20-13-14-1-2-14/h3-6,14,16,20H,1-2,7-13H2. The van der Waals surface area contributed by atoms with Crippen molar-refractivity contribution >= 4 is 33.6 Å². The predicted molar refractivity (Wildman–Crippen MR) is 99.8 cm³/mol. The van der Waals surface area contributed by atoms with Crippen molar-refractivity contribution < 1.29 is 4.79 Å². The average Bonchev–Trinajstić information content (AvgIpc) is 3.39. The normalized spacial score (nSPS) is 19.1. The second-order valence-electron chi connectivity index (χ2n) is 6.56. The van der Waals surface area contributed by atoms with E-state index in [0.717, 1.165) is 42.1 Å². The third-order valence-corrected chi connectivity index (χ3v) is 6.18. The molecule has 1 aromatic carbocycles. The third-order valence-electron chi connectivity index (χ3n) is 4.64. The van der Waals surface area contributed by atoms with E-state index in [2.05, 4.69) is 38.3 Å². The first-order valence-corrected chi connectivity index (χ1v) is 10.4. The SMILES string of the molecule is O=C(CCSc1ccc(Br)cc1)N1CCC(NCC2CC2)CC1. The highest BCUT2D eigenvalue weighted by Gasteiger charge is 2.25. The van der Waals surface area contributed by atoms with Gasteiger partial charge in [-0.15, -0.1) is 11.8 Å². The van der Waals surface area contributed by atoms with Gasteiger partial charge >= 0.3 is 0 Å². The smallest absolute Gasteiger partial charge is 0.223 e. The fourth-order valence-electron chi connectivity index (χ4n) is 2.93. The Hall–Kier alpha value is -0.520. The maximum atomic E-state index is 12.3. The highest BCUT2D eigenvalue weighted by Crippen LogP contribution is 2.28. The molecule has 0 unspecified atom stereocenters. The van der Waals surface area contributed by atoms with Gasteiger partial charge < -0.3 is 10.2 Å². The van der Waals surface area contributed by atoms with Gasteiger partial charge in [-0.25, -0.2) is 0 Å². The zero-order chi connectivity index (χ0) is 16.1. The van der Waals surface area contributed by atoms with Crippen LogP contribution in [0.15, 0.2) is 33.6 Å². The molecular weight excluding hydrogens is 372 g/mol. The van der Waals surface area contributed by atoms with E-state index in [-0.39, 0.29) is 0 Å². The van der Waals surface area contributed by atoms with Crippen LogP contribution in [-0.2, 0) is 4.79 Å². The van der Waals surface area contributed by atoms with Crippen molar-refractivity contribution in [2.24, 2.45) is 5.92 Å². The number of nitrogens with one attached hydrogen (secondary N) is 1. The summed E-state index contributed by atoms with van der Waals surface area (Å²) in [5.74, 6) is 2.11. The van der Waals surface area contributed by atoms with Gasteiger partial charge in [-0.3, -0.25) is 4.79 Å². The minimum absolute atomic E-state index is 0.315. The Morgan fingerprint density at radius 1 is 1.17 bits per heavy atom. The van der Waals surface area contributed by atoms with Crippen LogP contribution >= 0.6 is 27.7 Å². The van der Waals surface area contributed by atoms with E-state index >= 15 is 0 Å². The Bertz CT molecular complexity index is 510. The van der Waals surface area contributed by atoms with Gasteiger partial charge in [0.15, 0.2) is 0 Å². The highest BCUT2D eigenvalue weighted by atomic mass is 79.9. The monoisotopic (exact) mass is 396 g/mol. The van der Waals surface area contributed by atoms with Crippen LogP contribution in [0.2, 0.25) is 0 Å². The number of rotatable bonds is 7. The Labute approximate surface area is 151 Å². The fourth-order valence-corrected chi connectivity index (χ4v) is 4.04. The van der Waals surface area contributed by atoms with E-state index in [1.807, 2.05) is 12.1 Å². The molecule has 3 rings (SSSR count). The number of likely N-dealkylation sites (tertiary alicyclic amines) is 1. The van der Waals surface area contributed by atoms with Crippen molar-refractivity contribution in [2.75, 3.05) is 25.4 Å². The number of nitrogens with zero attached hydrogens (tertiary/aromatic N) is 1. The maximum absolute atomic E-state index is 12.3. The van der Waals surface area contributed by atoms with Crippen LogP contribution in [0, 0.1) is 5.92 Å². The summed E-state index contributed by atoms with van der Waals surface area (Å²) in [6, 6.07) is 8.90. The van der Waals surface area contributed by atoms with Gasteiger partial charge in [-0.2, -0.15) is 0 Å². The van der Waals surface area contributed by atoms with Crippen molar-refractivity contribution in [1.29, 1.82) is 0 Å². The maximum Gasteiger partial charge on any atom is 0.223 e. The molecule has 5 heteroatoms. The minimum atomic E-state index is 0.315. The molecule has 23 heavy (non-hydrogen) atoms. The minimum Gasteiger partial charge on any atom is -0.343 e. The van der Waals surface area contributed by atoms with E-state index in [4.69, 9.17) is 0 Å². The zero-order valence-electron chi connectivity index (χ0n) is 13.5. The molecule has 0 atom stereocenters. The lowest BCUT2D eigenvalue weighted by molar-refractivity contribution is -0.131. The van der Waals surface area contributed by atoms with Crippen LogP contribution in [0.4, 0.5) is 0 Å². The summed E-state index contributed by atoms with van der Waals surface area (Å²) < 4.78 is 1.09. The van der Waals surface area contributed by atoms with Gasteiger partial charge in [0.1, 0.15) is 0 Å². The summed E-state index contributed by atoms with van der Waals surface area (Å²) in [6.07, 6.45) is 5.66. The lowest BCUT2D eigenvalue weighted by Gasteiger charge is -2.32. The lowest BCUT2D eigenvalue weighted by atomic mass is 10.0. The van der Waals surface area contributed by atoms with Crippen molar-refractivity contribution in [3.63, 3.8) is 0 Å². The van der Waals surface area contributed by atoms with Gasteiger partial charge in [-0.05, 0) is 62.4 Å². The molecule has 1 saturated heterocycles. The second kappa shape index (κ2) is 8.54. The molecular formula is C18H25BrN2OS. The Morgan fingerprint density at radius 2 is 1.87 bits per heavy atom. The highest BCUT2D eigenvalue weighted by molar-refractivity contribution is 9.10. The van der Waals surface area contributed by atoms with Crippen LogP contribution in [0.5, 0.6) is 0 Å². The van der Waals surface area contributed by atoms with Gasteiger partial charge in [-0.1, -0.05) is 15.9 Å². The predicted octanol–water partition coefficient (Wildman–Crippen LogP) is 3.92. The van der Waals surface area contributed by atoms with E-state index in [0.29, 0.717) is 18.4 Å². The zero-order valence-corrected chi connectivity index (χ0v) is 15.9. The molecule has 1 heterocycles. The summed E-state index contributed by atoms with van der Waals surface area (Å²) in [4.78, 5) is 15.6. The molecule has 2 fully saturated rings. The lowest BCUT2D eigenvalue weighted by Crippen LogP contribution is -2.45. The van der Waals surface area contributed by atoms with Crippen molar-refractivity contribution in [2.45, 2.75) is 43.0 Å². The number of carbonyl (C=O) groups is 1. The third kappa shape index (κ3) is 5.80. The number of amides is 1. The molecule has 2 aliphatic rings. The second-order valence-corrected chi connectivity index (χ2v) is 8.64. The molecule has 1 aromatic rings. The summed E-state index contributed by atoms with van der Waals surface area (Å²) >= 11 is 5.20. The quantitative estimate of drug-likeness (QED) is 0.708. The first-order chi connectivity index (χ1) is 11.2. The summed E-state index contributed by atoms with van der Waals surface area (Å²) in [7, 11) is 0. The van der Waals surface area contributed by atoms with Gasteiger partial charge in [0, 0.05) is 40.7 Å². The van der Waals surface area contributed by atoms with Crippen molar-refractivity contribution in [3.05, 3.63) is 28.7 Å². The number of benzene rings is 1. The molecule has 0 aromatic heterocycles. The Morgan fingerprint density at radius 3 is 2.52 bits per heavy atom. The molecule has 0 spiro atoms. The number of halogens is 1. The summed E-state index contributed by atoms with van der Waals surface area (Å²) in [6.45, 7) is 3.02. The average molecular weight is 397 g/mol. The largest absolute Gasteiger partial charge is 0.343 e. The van der Waals surface area contributed by atoms with Gasteiger partial charge in [0.2, 0.25) is 5.91 Å². The fraction of sp³-hybridized carbons (Fsp3) is 0.611. The van der Waals surface area contributed by atoms with Crippen molar-refractivity contribution in [3.8, 4) is 0 Å². The van der Waals surface area contributed by atoms with E-state index in [9.17, 15) is 4.79 Å². The molecule has 1 saturated carbocycles. The molecule has 1 N–H and O–H groups in total. The molecule has 1 aliphatic carbocycles. The number of thioether (sulfide) groups is 1. The van der Waals surface area contributed by atoms with E-state index < -0.39 is 0 Å². The van der Waals surface area contributed by atoms with E-state index in [1.54, 1.807) is 11.8 Å². The molecule has 1 aliphatic heterocycles. The van der Waals surface area contributed by atoms with Crippen LogP contribution in [0.25, 0.3) is 0 Å². The van der Waals surface area contributed by atoms with Crippen LogP contribution < -0.4 is 5.32 Å². The molecule has 126 valence electrons. The first-order valence-electron chi connectivity index (χ1n) is 8.60. The molecule has 3 nitrogen and oxygen atoms in total. The number of carbonyl (C=O) groups excluding carboxylic acids is 1. The molecule has 1 amide bonds. The first kappa shape index (κ1) is 17.3. The number of hydrogen-bond acceptors (Lipinski definition) is 3. The van der Waals surface area contributed by atoms with Crippen molar-refractivity contribution in [1.82, 2.24) is 10.2 Å². The van der Waals surface area contributed by atoms with Crippen LogP contribution in [0.1, 0.15) is 32.1 Å². The number of piperidine rings is 1. The summed E-state index contributed by atoms with van der Waals surface area (Å²) in [5.41, 5.74) is 0. The van der Waals surface area contributed by atoms with Gasteiger partial charge in [0.05, 0.1) is 0 Å². The Balaban J connectivity index is 1.31. The van der Waals surface area contributed by atoms with E-state index in [1.165, 1.54) is 24.3 Å². The van der Waals surface area contributed by atoms with Crippen LogP contribution in [-0.4, -0.2) is 42.2 Å². The Kier molecular flexibility index (Phi) is 6.43. The van der Waals surface area contributed by atoms with Crippen LogP contribution in [0.3, 0.4) is 0 Å². The van der Waals surface area contributed by atoms with Gasteiger partial charge in [0.25, 0.3) is 0 Å². The molecule has 0 bridgehead atoms. The summed E-state index contributed by atoms with van der Waals surface area (Å²) in [5, 5.41) is 3.67.